The first-order valence-corrected chi connectivity index (χ1v) is 9.40. The van der Waals surface area contributed by atoms with Crippen LogP contribution in [0, 0.1) is 10.1 Å². The van der Waals surface area contributed by atoms with Crippen LogP contribution >= 0.6 is 0 Å². The molecule has 29 heavy (non-hydrogen) atoms. The van der Waals surface area contributed by atoms with Crippen LogP contribution in [0.4, 0.5) is 5.69 Å². The number of hydrogen-bond donors (Lipinski definition) is 0. The maximum absolute atomic E-state index is 12.6. The van der Waals surface area contributed by atoms with Gasteiger partial charge in [-0.3, -0.25) is 14.9 Å². The summed E-state index contributed by atoms with van der Waals surface area (Å²) >= 11 is 0. The van der Waals surface area contributed by atoms with Gasteiger partial charge in [-0.2, -0.15) is 0 Å². The fourth-order valence-electron chi connectivity index (χ4n) is 2.68. The summed E-state index contributed by atoms with van der Waals surface area (Å²) in [6.45, 7) is 12.0. The van der Waals surface area contributed by atoms with Crippen molar-refractivity contribution in [2.45, 2.75) is 52.4 Å². The lowest BCUT2D eigenvalue weighted by Gasteiger charge is -2.25. The van der Waals surface area contributed by atoms with Crippen molar-refractivity contribution in [3.8, 4) is 0 Å². The van der Waals surface area contributed by atoms with Gasteiger partial charge in [0, 0.05) is 17.7 Å². The summed E-state index contributed by atoms with van der Waals surface area (Å²) < 4.78 is 5.23. The fraction of sp³-hybridized carbons (Fsp3) is 0.391. The molecule has 0 saturated heterocycles. The number of carbonyl (C=O) groups is 2. The molecule has 0 aliphatic carbocycles. The summed E-state index contributed by atoms with van der Waals surface area (Å²) in [6, 6.07) is 10.9. The number of non-ortho nitro benzene ring substituents is 1. The van der Waals surface area contributed by atoms with Gasteiger partial charge >= 0.3 is 5.97 Å². The SMILES string of the molecule is CC(C)(C)c1cc(C(=O)OCC(=O)c2ccc([N+](=O)[O-])cc2)cc(C(C)(C)C)c1. The monoisotopic (exact) mass is 397 g/mol. The van der Waals surface area contributed by atoms with Gasteiger partial charge < -0.3 is 4.74 Å². The number of ether oxygens (including phenoxy) is 1. The highest BCUT2D eigenvalue weighted by Crippen LogP contribution is 2.30. The molecule has 154 valence electrons. The predicted molar refractivity (Wildman–Crippen MR) is 112 cm³/mol. The van der Waals surface area contributed by atoms with Crippen LogP contribution in [0.1, 0.15) is 73.4 Å². The Morgan fingerprint density at radius 2 is 1.34 bits per heavy atom. The molecule has 0 aliphatic rings. The van der Waals surface area contributed by atoms with E-state index < -0.39 is 23.3 Å². The molecule has 0 unspecified atom stereocenters. The highest BCUT2D eigenvalue weighted by Gasteiger charge is 2.23. The van der Waals surface area contributed by atoms with E-state index in [1.807, 2.05) is 0 Å². The van der Waals surface area contributed by atoms with Crippen molar-refractivity contribution in [1.82, 2.24) is 0 Å². The molecule has 0 spiro atoms. The Hall–Kier alpha value is -3.02. The molecule has 0 fully saturated rings. The van der Waals surface area contributed by atoms with E-state index in [2.05, 4.69) is 47.6 Å². The van der Waals surface area contributed by atoms with Crippen molar-refractivity contribution in [2.75, 3.05) is 6.61 Å². The highest BCUT2D eigenvalue weighted by atomic mass is 16.6. The molecule has 0 amide bonds. The van der Waals surface area contributed by atoms with Gasteiger partial charge in [-0.05, 0) is 46.2 Å². The van der Waals surface area contributed by atoms with E-state index in [9.17, 15) is 19.7 Å². The average molecular weight is 397 g/mol. The van der Waals surface area contributed by atoms with Crippen LogP contribution in [-0.4, -0.2) is 23.3 Å². The van der Waals surface area contributed by atoms with Crippen LogP contribution in [0.3, 0.4) is 0 Å². The Morgan fingerprint density at radius 3 is 1.76 bits per heavy atom. The van der Waals surface area contributed by atoms with E-state index in [0.717, 1.165) is 11.1 Å². The zero-order valence-corrected chi connectivity index (χ0v) is 17.7. The first-order chi connectivity index (χ1) is 13.3. The number of carbonyl (C=O) groups excluding carboxylic acids is 2. The van der Waals surface area contributed by atoms with Crippen molar-refractivity contribution in [1.29, 1.82) is 0 Å². The summed E-state index contributed by atoms with van der Waals surface area (Å²) in [5, 5.41) is 10.7. The quantitative estimate of drug-likeness (QED) is 0.298. The van der Waals surface area contributed by atoms with Gasteiger partial charge in [-0.25, -0.2) is 4.79 Å². The van der Waals surface area contributed by atoms with Gasteiger partial charge in [-0.15, -0.1) is 0 Å². The van der Waals surface area contributed by atoms with E-state index in [1.165, 1.54) is 24.3 Å². The van der Waals surface area contributed by atoms with Gasteiger partial charge in [0.15, 0.2) is 12.4 Å². The van der Waals surface area contributed by atoms with E-state index in [0.29, 0.717) is 5.56 Å². The molecule has 0 aliphatic heterocycles. The van der Waals surface area contributed by atoms with Crippen LogP contribution in [0.25, 0.3) is 0 Å². The Balaban J connectivity index is 2.19. The summed E-state index contributed by atoms with van der Waals surface area (Å²) in [6.07, 6.45) is 0. The first-order valence-electron chi connectivity index (χ1n) is 9.40. The number of nitro benzene ring substituents is 1. The lowest BCUT2D eigenvalue weighted by molar-refractivity contribution is -0.384. The number of esters is 1. The number of nitro groups is 1. The molecule has 0 N–H and O–H groups in total. The zero-order chi connectivity index (χ0) is 22.0. The minimum atomic E-state index is -0.572. The lowest BCUT2D eigenvalue weighted by Crippen LogP contribution is -2.19. The van der Waals surface area contributed by atoms with E-state index in [-0.39, 0.29) is 22.1 Å². The maximum Gasteiger partial charge on any atom is 0.338 e. The summed E-state index contributed by atoms with van der Waals surface area (Å²) in [4.78, 5) is 35.0. The Bertz CT molecular complexity index is 899. The third-order valence-corrected chi connectivity index (χ3v) is 4.64. The number of hydrogen-bond acceptors (Lipinski definition) is 5. The molecule has 0 atom stereocenters. The second kappa shape index (κ2) is 8.15. The van der Waals surface area contributed by atoms with Crippen molar-refractivity contribution in [3.63, 3.8) is 0 Å². The Labute approximate surface area is 171 Å². The molecule has 0 radical (unpaired) electrons. The van der Waals surface area contributed by atoms with Crippen LogP contribution in [0.15, 0.2) is 42.5 Å². The summed E-state index contributed by atoms with van der Waals surface area (Å²) in [5.74, 6) is -0.992. The third kappa shape index (κ3) is 5.73. The van der Waals surface area contributed by atoms with Crippen molar-refractivity contribution >= 4 is 17.4 Å². The van der Waals surface area contributed by atoms with Gasteiger partial charge in [-0.1, -0.05) is 47.6 Å². The summed E-state index contributed by atoms with van der Waals surface area (Å²) in [7, 11) is 0. The van der Waals surface area contributed by atoms with E-state index in [1.54, 1.807) is 12.1 Å². The smallest absolute Gasteiger partial charge is 0.338 e. The van der Waals surface area contributed by atoms with E-state index in [4.69, 9.17) is 4.74 Å². The topological polar surface area (TPSA) is 86.5 Å². The minimum Gasteiger partial charge on any atom is -0.454 e. The second-order valence-electron chi connectivity index (χ2n) is 9.10. The zero-order valence-electron chi connectivity index (χ0n) is 17.7. The molecular formula is C23H27NO5. The van der Waals surface area contributed by atoms with Gasteiger partial charge in [0.25, 0.3) is 5.69 Å². The standard InChI is InChI=1S/C23H27NO5/c1-22(2,3)17-11-16(12-18(13-17)23(4,5)6)21(26)29-14-20(25)15-7-9-19(10-8-15)24(27)28/h7-13H,14H2,1-6H3. The number of rotatable bonds is 5. The van der Waals surface area contributed by atoms with Crippen molar-refractivity contribution in [3.05, 3.63) is 74.8 Å². The van der Waals surface area contributed by atoms with Gasteiger partial charge in [0.1, 0.15) is 0 Å². The maximum atomic E-state index is 12.6. The average Bonchev–Trinajstić information content (AvgIpc) is 2.64. The second-order valence-corrected chi connectivity index (χ2v) is 9.10. The molecule has 2 aromatic rings. The first kappa shape index (κ1) is 22.3. The number of benzene rings is 2. The van der Waals surface area contributed by atoms with Crippen LogP contribution in [0.2, 0.25) is 0 Å². The van der Waals surface area contributed by atoms with Crippen LogP contribution in [-0.2, 0) is 15.6 Å². The molecule has 0 bridgehead atoms. The molecular weight excluding hydrogens is 370 g/mol. The molecule has 2 aromatic carbocycles. The van der Waals surface area contributed by atoms with Crippen molar-refractivity contribution < 1.29 is 19.2 Å². The van der Waals surface area contributed by atoms with Gasteiger partial charge in [0.05, 0.1) is 10.5 Å². The molecule has 2 rings (SSSR count). The third-order valence-electron chi connectivity index (χ3n) is 4.64. The van der Waals surface area contributed by atoms with Crippen LogP contribution in [0.5, 0.6) is 0 Å². The molecule has 0 heterocycles. The van der Waals surface area contributed by atoms with Crippen molar-refractivity contribution in [2.24, 2.45) is 0 Å². The van der Waals surface area contributed by atoms with Crippen LogP contribution < -0.4 is 0 Å². The molecule has 6 heteroatoms. The number of nitrogens with zero attached hydrogens (tertiary/aromatic N) is 1. The number of ketones is 1. The van der Waals surface area contributed by atoms with E-state index >= 15 is 0 Å². The normalized spacial score (nSPS) is 11.8. The Kier molecular flexibility index (Phi) is 6.26. The molecule has 6 nitrogen and oxygen atoms in total. The summed E-state index contributed by atoms with van der Waals surface area (Å²) in [5.41, 5.74) is 2.28. The number of Topliss-reactive ketones (excluding diaryl/α,β-unsaturated/α-hetero) is 1. The lowest BCUT2D eigenvalue weighted by atomic mass is 9.79. The minimum absolute atomic E-state index is 0.104. The fourth-order valence-corrected chi connectivity index (χ4v) is 2.68. The molecule has 0 saturated carbocycles. The Morgan fingerprint density at radius 1 is 0.862 bits per heavy atom. The largest absolute Gasteiger partial charge is 0.454 e. The molecule has 0 aromatic heterocycles. The highest BCUT2D eigenvalue weighted by molar-refractivity contribution is 5.99. The van der Waals surface area contributed by atoms with Gasteiger partial charge in [0.2, 0.25) is 0 Å². The predicted octanol–water partition coefficient (Wildman–Crippen LogP) is 5.23.